The number of likely N-dealkylation sites (N-methyl/N-ethyl adjacent to an activating group) is 1. The van der Waals surface area contributed by atoms with Crippen LogP contribution in [0.3, 0.4) is 0 Å². The van der Waals surface area contributed by atoms with Gasteiger partial charge < -0.3 is 10.0 Å². The average molecular weight is 205 g/mol. The van der Waals surface area contributed by atoms with Crippen LogP contribution in [0.4, 0.5) is 0 Å². The Morgan fingerprint density at radius 1 is 1.20 bits per heavy atom. The molecule has 0 atom stereocenters. The third kappa shape index (κ3) is 2.00. The lowest BCUT2D eigenvalue weighted by Gasteiger charge is -2.44. The lowest BCUT2D eigenvalue weighted by molar-refractivity contribution is 0.177. The van der Waals surface area contributed by atoms with Gasteiger partial charge in [-0.3, -0.25) is 0 Å². The van der Waals surface area contributed by atoms with Crippen molar-refractivity contribution in [2.24, 2.45) is 0 Å². The fourth-order valence-electron chi connectivity index (χ4n) is 2.56. The Bertz CT molecular complexity index is 325. The molecular formula is C13H19NO. The van der Waals surface area contributed by atoms with Gasteiger partial charge in [0.25, 0.3) is 0 Å². The lowest BCUT2D eigenvalue weighted by atomic mass is 9.64. The molecule has 0 aromatic heterocycles. The van der Waals surface area contributed by atoms with Gasteiger partial charge in [0.15, 0.2) is 0 Å². The van der Waals surface area contributed by atoms with E-state index in [4.69, 9.17) is 0 Å². The van der Waals surface area contributed by atoms with Gasteiger partial charge in [-0.2, -0.15) is 0 Å². The predicted octanol–water partition coefficient (Wildman–Crippen LogP) is 2.38. The molecule has 1 aliphatic rings. The minimum atomic E-state index is 0.344. The molecular weight excluding hydrogens is 186 g/mol. The fourth-order valence-corrected chi connectivity index (χ4v) is 2.56. The van der Waals surface area contributed by atoms with Crippen molar-refractivity contribution in [3.63, 3.8) is 0 Å². The van der Waals surface area contributed by atoms with Gasteiger partial charge in [0, 0.05) is 12.0 Å². The summed E-state index contributed by atoms with van der Waals surface area (Å²) in [5, 5.41) is 9.28. The zero-order valence-corrected chi connectivity index (χ0v) is 9.53. The zero-order valence-electron chi connectivity index (χ0n) is 9.53. The molecule has 1 aliphatic carbocycles. The molecule has 0 unspecified atom stereocenters. The number of phenols is 1. The second kappa shape index (κ2) is 3.86. The van der Waals surface area contributed by atoms with Crippen LogP contribution in [0.1, 0.15) is 24.8 Å². The predicted molar refractivity (Wildman–Crippen MR) is 62.2 cm³/mol. The molecule has 1 N–H and O–H groups in total. The Kier molecular flexibility index (Phi) is 2.70. The van der Waals surface area contributed by atoms with E-state index >= 15 is 0 Å². The first-order valence-electron chi connectivity index (χ1n) is 5.57. The molecule has 2 heteroatoms. The summed E-state index contributed by atoms with van der Waals surface area (Å²) in [6.07, 6.45) is 3.88. The molecule has 1 fully saturated rings. The van der Waals surface area contributed by atoms with Crippen molar-refractivity contribution in [1.29, 1.82) is 0 Å². The summed E-state index contributed by atoms with van der Waals surface area (Å²) in [6, 6.07) is 7.73. The number of benzene rings is 1. The third-order valence-corrected chi connectivity index (χ3v) is 3.41. The van der Waals surface area contributed by atoms with Crippen molar-refractivity contribution in [3.05, 3.63) is 29.8 Å². The van der Waals surface area contributed by atoms with E-state index in [0.717, 1.165) is 6.54 Å². The molecule has 1 saturated carbocycles. The zero-order chi connectivity index (χ0) is 10.9. The minimum absolute atomic E-state index is 0.344. The van der Waals surface area contributed by atoms with E-state index in [2.05, 4.69) is 31.1 Å². The van der Waals surface area contributed by atoms with Gasteiger partial charge in [0.2, 0.25) is 0 Å². The van der Waals surface area contributed by atoms with Crippen LogP contribution in [0.2, 0.25) is 0 Å². The van der Waals surface area contributed by atoms with Crippen LogP contribution in [-0.4, -0.2) is 30.6 Å². The summed E-state index contributed by atoms with van der Waals surface area (Å²) < 4.78 is 0. The molecule has 0 aliphatic heterocycles. The molecule has 2 nitrogen and oxygen atoms in total. The van der Waals surface area contributed by atoms with Crippen molar-refractivity contribution >= 4 is 0 Å². The molecule has 0 radical (unpaired) electrons. The Hall–Kier alpha value is -1.02. The fraction of sp³-hybridized carbons (Fsp3) is 0.538. The van der Waals surface area contributed by atoms with Crippen molar-refractivity contribution in [1.82, 2.24) is 4.90 Å². The summed E-state index contributed by atoms with van der Waals surface area (Å²) in [4.78, 5) is 2.26. The maximum atomic E-state index is 9.28. The second-order valence-corrected chi connectivity index (χ2v) is 4.92. The summed E-state index contributed by atoms with van der Waals surface area (Å²) in [7, 11) is 4.25. The first-order chi connectivity index (χ1) is 7.12. The molecule has 15 heavy (non-hydrogen) atoms. The second-order valence-electron chi connectivity index (χ2n) is 4.92. The summed E-state index contributed by atoms with van der Waals surface area (Å²) >= 11 is 0. The van der Waals surface area contributed by atoms with Crippen molar-refractivity contribution in [3.8, 4) is 5.75 Å². The SMILES string of the molecule is CN(C)CC1(c2ccc(O)cc2)CCC1. The topological polar surface area (TPSA) is 23.5 Å². The highest BCUT2D eigenvalue weighted by atomic mass is 16.3. The van der Waals surface area contributed by atoms with E-state index in [0.29, 0.717) is 11.2 Å². The van der Waals surface area contributed by atoms with Crippen LogP contribution in [0.25, 0.3) is 0 Å². The van der Waals surface area contributed by atoms with Crippen LogP contribution < -0.4 is 0 Å². The molecule has 0 amide bonds. The minimum Gasteiger partial charge on any atom is -0.508 e. The van der Waals surface area contributed by atoms with Gasteiger partial charge in [-0.1, -0.05) is 18.6 Å². The van der Waals surface area contributed by atoms with Crippen LogP contribution in [0, 0.1) is 0 Å². The van der Waals surface area contributed by atoms with Gasteiger partial charge in [-0.15, -0.1) is 0 Å². The summed E-state index contributed by atoms with van der Waals surface area (Å²) in [5.41, 5.74) is 1.72. The standard InChI is InChI=1S/C13H19NO/c1-14(2)10-13(8-3-9-13)11-4-6-12(15)7-5-11/h4-7,15H,3,8-10H2,1-2H3. The quantitative estimate of drug-likeness (QED) is 0.819. The van der Waals surface area contributed by atoms with Crippen LogP contribution in [0.15, 0.2) is 24.3 Å². The molecule has 82 valence electrons. The highest BCUT2D eigenvalue weighted by molar-refractivity contribution is 5.33. The Morgan fingerprint density at radius 2 is 1.80 bits per heavy atom. The van der Waals surface area contributed by atoms with Gasteiger partial charge >= 0.3 is 0 Å². The van der Waals surface area contributed by atoms with Crippen molar-refractivity contribution in [2.75, 3.05) is 20.6 Å². The normalized spacial score (nSPS) is 18.9. The number of hydrogen-bond acceptors (Lipinski definition) is 2. The van der Waals surface area contributed by atoms with Crippen LogP contribution in [-0.2, 0) is 5.41 Å². The summed E-state index contributed by atoms with van der Waals surface area (Å²) in [6.45, 7) is 1.11. The van der Waals surface area contributed by atoms with E-state index in [1.165, 1.54) is 24.8 Å². The maximum Gasteiger partial charge on any atom is 0.115 e. The molecule has 0 heterocycles. The first-order valence-corrected chi connectivity index (χ1v) is 5.57. The lowest BCUT2D eigenvalue weighted by Crippen LogP contribution is -2.43. The number of nitrogens with zero attached hydrogens (tertiary/aromatic N) is 1. The third-order valence-electron chi connectivity index (χ3n) is 3.41. The first kappa shape index (κ1) is 10.5. The molecule has 1 aromatic carbocycles. The van der Waals surface area contributed by atoms with E-state index < -0.39 is 0 Å². The molecule has 0 spiro atoms. The number of aromatic hydroxyl groups is 1. The number of hydrogen-bond donors (Lipinski definition) is 1. The maximum absolute atomic E-state index is 9.28. The molecule has 1 aromatic rings. The van der Waals surface area contributed by atoms with E-state index in [1.54, 1.807) is 12.1 Å². The van der Waals surface area contributed by atoms with Crippen LogP contribution in [0.5, 0.6) is 5.75 Å². The summed E-state index contributed by atoms with van der Waals surface area (Å²) in [5.74, 6) is 0.359. The highest BCUT2D eigenvalue weighted by Gasteiger charge is 2.38. The Balaban J connectivity index is 2.22. The van der Waals surface area contributed by atoms with Gasteiger partial charge in [-0.05, 0) is 44.6 Å². The van der Waals surface area contributed by atoms with E-state index in [-0.39, 0.29) is 0 Å². The largest absolute Gasteiger partial charge is 0.508 e. The van der Waals surface area contributed by atoms with Gasteiger partial charge in [-0.25, -0.2) is 0 Å². The average Bonchev–Trinajstić information content (AvgIpc) is 2.13. The molecule has 0 bridgehead atoms. The van der Waals surface area contributed by atoms with Crippen molar-refractivity contribution < 1.29 is 5.11 Å². The van der Waals surface area contributed by atoms with E-state index in [1.807, 2.05) is 0 Å². The smallest absolute Gasteiger partial charge is 0.115 e. The Labute approximate surface area is 91.5 Å². The monoisotopic (exact) mass is 205 g/mol. The number of rotatable bonds is 3. The van der Waals surface area contributed by atoms with Crippen molar-refractivity contribution in [2.45, 2.75) is 24.7 Å². The number of phenolic OH excluding ortho intramolecular Hbond substituents is 1. The van der Waals surface area contributed by atoms with Gasteiger partial charge in [0.05, 0.1) is 0 Å². The Morgan fingerprint density at radius 3 is 2.20 bits per heavy atom. The van der Waals surface area contributed by atoms with E-state index in [9.17, 15) is 5.11 Å². The highest BCUT2D eigenvalue weighted by Crippen LogP contribution is 2.44. The van der Waals surface area contributed by atoms with Crippen LogP contribution >= 0.6 is 0 Å². The molecule has 0 saturated heterocycles. The van der Waals surface area contributed by atoms with Gasteiger partial charge in [0.1, 0.15) is 5.75 Å². The molecule has 2 rings (SSSR count).